The number of nitrogens with one attached hydrogen (secondary N) is 2. The van der Waals surface area contributed by atoms with Gasteiger partial charge in [0.25, 0.3) is 0 Å². The van der Waals surface area contributed by atoms with Crippen LogP contribution in [0.25, 0.3) is 0 Å². The maximum Gasteiger partial charge on any atom is 0.322 e. The number of carbonyl (C=O) groups is 2. The lowest BCUT2D eigenvalue weighted by molar-refractivity contribution is -0.105. The van der Waals surface area contributed by atoms with Crippen molar-refractivity contribution >= 4 is 23.8 Å². The van der Waals surface area contributed by atoms with Crippen LogP contribution in [-0.2, 0) is 11.3 Å². The van der Waals surface area contributed by atoms with E-state index >= 15 is 0 Å². The van der Waals surface area contributed by atoms with Gasteiger partial charge in [0.2, 0.25) is 6.41 Å². The zero-order valence-electron chi connectivity index (χ0n) is 20.2. The maximum absolute atomic E-state index is 12.5. The molecule has 8 nitrogen and oxygen atoms in total. The van der Waals surface area contributed by atoms with Crippen molar-refractivity contribution in [2.75, 3.05) is 24.9 Å². The number of benzene rings is 2. The molecule has 1 saturated carbocycles. The minimum Gasteiger partial charge on any atom is -0.495 e. The van der Waals surface area contributed by atoms with E-state index in [2.05, 4.69) is 30.5 Å². The van der Waals surface area contributed by atoms with Crippen molar-refractivity contribution in [3.05, 3.63) is 47.0 Å². The minimum absolute atomic E-state index is 0.0194. The normalized spacial score (nSPS) is 18.9. The Kier molecular flexibility index (Phi) is 8.36. The highest BCUT2D eigenvalue weighted by atomic mass is 16.5. The molecular weight excluding hydrogens is 432 g/mol. The molecule has 3 amide bonds. The van der Waals surface area contributed by atoms with Crippen LogP contribution in [0.15, 0.2) is 30.3 Å². The first-order chi connectivity index (χ1) is 16.4. The number of urea groups is 1. The predicted molar refractivity (Wildman–Crippen MR) is 131 cm³/mol. The van der Waals surface area contributed by atoms with Gasteiger partial charge in [-0.05, 0) is 68.4 Å². The van der Waals surface area contributed by atoms with Gasteiger partial charge in [0.15, 0.2) is 0 Å². The highest BCUT2D eigenvalue weighted by Crippen LogP contribution is 2.37. The number of nitriles is 1. The smallest absolute Gasteiger partial charge is 0.322 e. The topological polar surface area (TPSA) is 104 Å². The van der Waals surface area contributed by atoms with E-state index in [1.165, 1.54) is 31.1 Å². The molecule has 1 fully saturated rings. The molecule has 0 spiro atoms. The first-order valence-corrected chi connectivity index (χ1v) is 11.4. The molecule has 8 heteroatoms. The fourth-order valence-electron chi connectivity index (χ4n) is 4.46. The summed E-state index contributed by atoms with van der Waals surface area (Å²) in [4.78, 5) is 24.6. The molecule has 1 aliphatic heterocycles. The highest BCUT2D eigenvalue weighted by Gasteiger charge is 2.33. The Morgan fingerprint density at radius 3 is 2.41 bits per heavy atom. The van der Waals surface area contributed by atoms with Crippen molar-refractivity contribution in [3.8, 4) is 17.6 Å². The molecule has 2 aromatic rings. The molecule has 0 aromatic heterocycles. The van der Waals surface area contributed by atoms with Crippen molar-refractivity contribution in [3.63, 3.8) is 0 Å². The first-order valence-electron chi connectivity index (χ1n) is 11.4. The average molecular weight is 465 g/mol. The summed E-state index contributed by atoms with van der Waals surface area (Å²) >= 11 is 0. The van der Waals surface area contributed by atoms with Crippen LogP contribution in [0.3, 0.4) is 0 Å². The third-order valence-corrected chi connectivity index (χ3v) is 6.52. The number of aryl methyl sites for hydroxylation is 1. The summed E-state index contributed by atoms with van der Waals surface area (Å²) in [6, 6.07) is 11.2. The quantitative estimate of drug-likeness (QED) is 0.602. The number of amides is 3. The van der Waals surface area contributed by atoms with Gasteiger partial charge in [-0.15, -0.1) is 0 Å². The van der Waals surface area contributed by atoms with E-state index in [1.54, 1.807) is 25.3 Å². The molecule has 0 unspecified atom stereocenters. The van der Waals surface area contributed by atoms with Gasteiger partial charge in [0.05, 0.1) is 32.0 Å². The van der Waals surface area contributed by atoms with Crippen molar-refractivity contribution < 1.29 is 19.1 Å². The maximum atomic E-state index is 12.5. The van der Waals surface area contributed by atoms with Crippen LogP contribution in [0.2, 0.25) is 0 Å². The molecule has 2 N–H and O–H groups in total. The second kappa shape index (κ2) is 11.4. The molecule has 0 atom stereocenters. The summed E-state index contributed by atoms with van der Waals surface area (Å²) in [6.45, 7) is 5.09. The summed E-state index contributed by atoms with van der Waals surface area (Å²) < 4.78 is 10.3. The summed E-state index contributed by atoms with van der Waals surface area (Å²) in [6.07, 6.45) is 5.24. The first kappa shape index (κ1) is 24.9. The number of methoxy groups -OCH3 is 2. The van der Waals surface area contributed by atoms with E-state index < -0.39 is 0 Å². The number of carbonyl (C=O) groups excluding carboxylic acids is 2. The van der Waals surface area contributed by atoms with Gasteiger partial charge in [0.1, 0.15) is 17.6 Å². The van der Waals surface area contributed by atoms with Crippen LogP contribution in [0.4, 0.5) is 16.2 Å². The molecule has 1 aliphatic carbocycles. The highest BCUT2D eigenvalue weighted by molar-refractivity contribution is 5.94. The third-order valence-electron chi connectivity index (χ3n) is 6.52. The van der Waals surface area contributed by atoms with Gasteiger partial charge in [0, 0.05) is 17.3 Å². The largest absolute Gasteiger partial charge is 0.495 e. The van der Waals surface area contributed by atoms with E-state index in [0.29, 0.717) is 36.0 Å². The molecule has 4 rings (SSSR count). The van der Waals surface area contributed by atoms with Crippen LogP contribution in [0, 0.1) is 24.2 Å². The molecule has 0 bridgehead atoms. The van der Waals surface area contributed by atoms with E-state index in [-0.39, 0.29) is 6.03 Å². The molecule has 1 heterocycles. The Balaban J connectivity index is 0.000000215. The van der Waals surface area contributed by atoms with Crippen LogP contribution < -0.4 is 20.1 Å². The molecule has 0 saturated heterocycles. The standard InChI is InChI=1S/C17H24N2O2.C9H8N2O2/c1-11-4-7-13(8-5-11)19-10-14-12(2)6-9-15(21-3)16(14)18-17(19)20;1-13-9-3-2-8(11-6-12)4-7(9)5-10/h6,9,11,13H,4-5,7-8,10H2,1-3H3,(H,18,20);2-4,6H,1H3,(H,11,12). The lowest BCUT2D eigenvalue weighted by Gasteiger charge is -2.39. The van der Waals surface area contributed by atoms with Gasteiger partial charge in [-0.25, -0.2) is 4.79 Å². The van der Waals surface area contributed by atoms with Gasteiger partial charge in [-0.2, -0.15) is 5.26 Å². The van der Waals surface area contributed by atoms with Crippen LogP contribution in [0.1, 0.15) is 49.3 Å². The zero-order valence-corrected chi connectivity index (χ0v) is 20.2. The molecule has 0 radical (unpaired) electrons. The van der Waals surface area contributed by atoms with E-state index in [0.717, 1.165) is 30.2 Å². The lowest BCUT2D eigenvalue weighted by Crippen LogP contribution is -2.46. The van der Waals surface area contributed by atoms with Gasteiger partial charge in [-0.3, -0.25) is 4.79 Å². The van der Waals surface area contributed by atoms with Gasteiger partial charge in [-0.1, -0.05) is 13.0 Å². The summed E-state index contributed by atoms with van der Waals surface area (Å²) in [5, 5.41) is 14.2. The molecule has 180 valence electrons. The monoisotopic (exact) mass is 464 g/mol. The number of rotatable bonds is 5. The van der Waals surface area contributed by atoms with Crippen LogP contribution in [-0.4, -0.2) is 37.6 Å². The van der Waals surface area contributed by atoms with Gasteiger partial charge >= 0.3 is 6.03 Å². The second-order valence-electron chi connectivity index (χ2n) is 8.70. The fraction of sp³-hybridized carbons (Fsp3) is 0.423. The number of anilines is 2. The summed E-state index contributed by atoms with van der Waals surface area (Å²) in [5.74, 6) is 2.04. The number of hydrogen-bond acceptors (Lipinski definition) is 5. The second-order valence-corrected chi connectivity index (χ2v) is 8.70. The summed E-state index contributed by atoms with van der Waals surface area (Å²) in [7, 11) is 3.13. The average Bonchev–Trinajstić information content (AvgIpc) is 2.85. The van der Waals surface area contributed by atoms with E-state index in [1.807, 2.05) is 17.0 Å². The Labute approximate surface area is 200 Å². The van der Waals surface area contributed by atoms with E-state index in [4.69, 9.17) is 14.7 Å². The molecule has 34 heavy (non-hydrogen) atoms. The molecule has 2 aliphatic rings. The predicted octanol–water partition coefficient (Wildman–Crippen LogP) is 5.07. The Morgan fingerprint density at radius 1 is 1.12 bits per heavy atom. The summed E-state index contributed by atoms with van der Waals surface area (Å²) in [5.41, 5.74) is 4.22. The molecule has 2 aromatic carbocycles. The van der Waals surface area contributed by atoms with Crippen molar-refractivity contribution in [2.45, 2.75) is 52.1 Å². The SMILES string of the molecule is COc1ccc(C)c2c1NC(=O)N(C1CCC(C)CC1)C2.COc1ccc(NC=O)cc1C#N. The minimum atomic E-state index is 0.0194. The number of ether oxygens (including phenoxy) is 2. The third kappa shape index (κ3) is 5.60. The lowest BCUT2D eigenvalue weighted by atomic mass is 9.86. The zero-order chi connectivity index (χ0) is 24.7. The number of nitrogens with zero attached hydrogens (tertiary/aromatic N) is 2. The Morgan fingerprint density at radius 2 is 1.79 bits per heavy atom. The van der Waals surface area contributed by atoms with E-state index in [9.17, 15) is 9.59 Å². The number of fused-ring (bicyclic) bond motifs is 1. The Bertz CT molecular complexity index is 1070. The van der Waals surface area contributed by atoms with Crippen molar-refractivity contribution in [1.82, 2.24) is 4.90 Å². The van der Waals surface area contributed by atoms with Crippen LogP contribution >= 0.6 is 0 Å². The Hall–Kier alpha value is -3.73. The fourth-order valence-corrected chi connectivity index (χ4v) is 4.46. The van der Waals surface area contributed by atoms with Crippen LogP contribution in [0.5, 0.6) is 11.5 Å². The number of hydrogen-bond donors (Lipinski definition) is 2. The van der Waals surface area contributed by atoms with Crippen molar-refractivity contribution in [1.29, 1.82) is 5.26 Å². The van der Waals surface area contributed by atoms with Crippen molar-refractivity contribution in [2.24, 2.45) is 5.92 Å². The van der Waals surface area contributed by atoms with Gasteiger partial charge < -0.3 is 25.0 Å². The molecular formula is C26H32N4O4.